The number of carbonyl (C=O) groups is 2. The van der Waals surface area contributed by atoms with E-state index < -0.39 is 24.0 Å². The summed E-state index contributed by atoms with van der Waals surface area (Å²) in [6, 6.07) is 0. The van der Waals surface area contributed by atoms with Crippen LogP contribution in [-0.4, -0.2) is 17.5 Å². The third-order valence-corrected chi connectivity index (χ3v) is 3.63. The van der Waals surface area contributed by atoms with Gasteiger partial charge in [0.1, 0.15) is 5.60 Å². The maximum absolute atomic E-state index is 11.5. The van der Waals surface area contributed by atoms with Crippen molar-refractivity contribution in [2.75, 3.05) is 0 Å². The Balaban J connectivity index is 0.00000289. The molecule has 0 atom stereocenters. The smallest absolute Gasteiger partial charge is 0.550 e. The molecule has 5 heteroatoms. The van der Waals surface area contributed by atoms with E-state index >= 15 is 0 Å². The van der Waals surface area contributed by atoms with E-state index in [1.807, 2.05) is 20.8 Å². The summed E-state index contributed by atoms with van der Waals surface area (Å²) < 4.78 is 5.49. The van der Waals surface area contributed by atoms with Gasteiger partial charge in [-0.1, -0.05) is 27.2 Å². The number of aliphatic carboxylic acids is 1. The van der Waals surface area contributed by atoms with Gasteiger partial charge < -0.3 is 14.6 Å². The summed E-state index contributed by atoms with van der Waals surface area (Å²) in [6.45, 7) is 6.10. The largest absolute Gasteiger partial charge is 1.00 e. The van der Waals surface area contributed by atoms with Crippen molar-refractivity contribution < 1.29 is 49.0 Å². The van der Waals surface area contributed by atoms with E-state index in [1.54, 1.807) is 0 Å². The first-order valence-electron chi connectivity index (χ1n) is 6.18. The molecule has 1 fully saturated rings. The van der Waals surface area contributed by atoms with Crippen molar-refractivity contribution in [2.24, 2.45) is 5.41 Å². The van der Waals surface area contributed by atoms with Crippen molar-refractivity contribution in [1.82, 2.24) is 0 Å². The zero-order chi connectivity index (χ0) is 13.1. The third kappa shape index (κ3) is 4.56. The topological polar surface area (TPSA) is 66.4 Å². The van der Waals surface area contributed by atoms with Gasteiger partial charge in [-0.25, -0.2) is 0 Å². The Morgan fingerprint density at radius 3 is 2.06 bits per heavy atom. The molecule has 4 nitrogen and oxygen atoms in total. The van der Waals surface area contributed by atoms with Gasteiger partial charge >= 0.3 is 35.5 Å². The summed E-state index contributed by atoms with van der Waals surface area (Å²) in [5, 5.41) is 10.4. The van der Waals surface area contributed by atoms with Crippen molar-refractivity contribution in [3.63, 3.8) is 0 Å². The fourth-order valence-electron chi connectivity index (χ4n) is 2.50. The summed E-state index contributed by atoms with van der Waals surface area (Å²) in [4.78, 5) is 21.9. The Morgan fingerprint density at radius 1 is 1.17 bits per heavy atom. The Kier molecular flexibility index (Phi) is 6.90. The summed E-state index contributed by atoms with van der Waals surface area (Å²) in [5.41, 5.74) is -0.688. The molecule has 18 heavy (non-hydrogen) atoms. The Bertz CT molecular complexity index is 301. The molecule has 0 N–H and O–H groups in total. The van der Waals surface area contributed by atoms with Gasteiger partial charge in [-0.2, -0.15) is 0 Å². The molecule has 0 bridgehead atoms. The zero-order valence-corrected chi connectivity index (χ0v) is 13.9. The SMILES string of the molecule is CC(C)(C)C1(OC(=O)CC(=O)[O-])CCCCC1.[Na+]. The molecule has 0 aromatic heterocycles. The van der Waals surface area contributed by atoms with Crippen LogP contribution in [0.15, 0.2) is 0 Å². The molecule has 1 aliphatic carbocycles. The molecular weight excluding hydrogens is 243 g/mol. The van der Waals surface area contributed by atoms with E-state index in [0.717, 1.165) is 32.1 Å². The third-order valence-electron chi connectivity index (χ3n) is 3.63. The van der Waals surface area contributed by atoms with E-state index in [4.69, 9.17) is 4.74 Å². The maximum atomic E-state index is 11.5. The van der Waals surface area contributed by atoms with E-state index in [0.29, 0.717) is 0 Å². The van der Waals surface area contributed by atoms with E-state index in [2.05, 4.69) is 0 Å². The number of carbonyl (C=O) groups excluding carboxylic acids is 2. The zero-order valence-electron chi connectivity index (χ0n) is 11.9. The fourth-order valence-corrected chi connectivity index (χ4v) is 2.50. The van der Waals surface area contributed by atoms with Crippen LogP contribution < -0.4 is 34.7 Å². The van der Waals surface area contributed by atoms with Crippen LogP contribution in [-0.2, 0) is 14.3 Å². The Hall–Kier alpha value is -0.0600. The predicted octanol–water partition coefficient (Wildman–Crippen LogP) is -1.58. The molecule has 98 valence electrons. The molecule has 0 aromatic rings. The first-order valence-corrected chi connectivity index (χ1v) is 6.18. The van der Waals surface area contributed by atoms with Gasteiger partial charge in [-0.15, -0.1) is 0 Å². The molecule has 0 spiro atoms. The molecule has 0 radical (unpaired) electrons. The molecule has 0 amide bonds. The summed E-state index contributed by atoms with van der Waals surface area (Å²) in [5.74, 6) is -2.06. The Morgan fingerprint density at radius 2 is 1.67 bits per heavy atom. The van der Waals surface area contributed by atoms with Gasteiger partial charge in [0.2, 0.25) is 0 Å². The standard InChI is InChI=1S/C13H22O4.Na/c1-12(2,3)13(7-5-4-6-8-13)17-11(16)9-10(14)15;/h4-9H2,1-3H3,(H,14,15);/q;+1/p-1. The molecule has 0 aliphatic heterocycles. The van der Waals surface area contributed by atoms with E-state index in [9.17, 15) is 14.7 Å². The van der Waals surface area contributed by atoms with Crippen molar-refractivity contribution in [1.29, 1.82) is 0 Å². The van der Waals surface area contributed by atoms with Gasteiger partial charge in [0, 0.05) is 5.41 Å². The second kappa shape index (κ2) is 6.92. The van der Waals surface area contributed by atoms with Crippen LogP contribution in [0.5, 0.6) is 0 Å². The van der Waals surface area contributed by atoms with Crippen LogP contribution in [0, 0.1) is 5.41 Å². The number of hydrogen-bond donors (Lipinski definition) is 0. The number of ether oxygens (including phenoxy) is 1. The number of hydrogen-bond acceptors (Lipinski definition) is 4. The monoisotopic (exact) mass is 264 g/mol. The van der Waals surface area contributed by atoms with Crippen molar-refractivity contribution in [2.45, 2.75) is 64.9 Å². The quantitative estimate of drug-likeness (QED) is 0.351. The number of carboxylic acids is 1. The summed E-state index contributed by atoms with van der Waals surface area (Å²) >= 11 is 0. The van der Waals surface area contributed by atoms with E-state index in [1.165, 1.54) is 0 Å². The molecular formula is C13H21NaO4. The van der Waals surface area contributed by atoms with Gasteiger partial charge in [0.25, 0.3) is 0 Å². The molecule has 1 saturated carbocycles. The maximum Gasteiger partial charge on any atom is 1.00 e. The molecule has 0 heterocycles. The van der Waals surface area contributed by atoms with Crippen LogP contribution in [0.1, 0.15) is 59.3 Å². The molecule has 0 aromatic carbocycles. The normalized spacial score (nSPS) is 18.6. The molecule has 0 saturated heterocycles. The van der Waals surface area contributed by atoms with Crippen LogP contribution in [0.25, 0.3) is 0 Å². The van der Waals surface area contributed by atoms with Crippen LogP contribution in [0.4, 0.5) is 0 Å². The second-order valence-corrected chi connectivity index (χ2v) is 5.83. The Labute approximate surface area is 131 Å². The van der Waals surface area contributed by atoms with Gasteiger partial charge in [0.15, 0.2) is 0 Å². The van der Waals surface area contributed by atoms with Crippen molar-refractivity contribution in [3.05, 3.63) is 0 Å². The first kappa shape index (κ1) is 17.9. The number of carboxylic acid groups (broad SMARTS) is 1. The van der Waals surface area contributed by atoms with Crippen LogP contribution in [0.3, 0.4) is 0 Å². The van der Waals surface area contributed by atoms with Gasteiger partial charge in [-0.3, -0.25) is 4.79 Å². The molecule has 1 rings (SSSR count). The second-order valence-electron chi connectivity index (χ2n) is 5.83. The number of esters is 1. The molecule has 1 aliphatic rings. The summed E-state index contributed by atoms with van der Waals surface area (Å²) in [6.07, 6.45) is 4.17. The van der Waals surface area contributed by atoms with Crippen molar-refractivity contribution in [3.8, 4) is 0 Å². The van der Waals surface area contributed by atoms with Crippen molar-refractivity contribution >= 4 is 11.9 Å². The van der Waals surface area contributed by atoms with Gasteiger partial charge in [-0.05, 0) is 25.7 Å². The fraction of sp³-hybridized carbons (Fsp3) is 0.846. The predicted molar refractivity (Wildman–Crippen MR) is 61.0 cm³/mol. The summed E-state index contributed by atoms with van der Waals surface area (Å²) in [7, 11) is 0. The average Bonchev–Trinajstić information content (AvgIpc) is 2.15. The minimum atomic E-state index is -1.38. The van der Waals surface area contributed by atoms with Gasteiger partial charge in [0.05, 0.1) is 12.4 Å². The minimum Gasteiger partial charge on any atom is -0.550 e. The van der Waals surface area contributed by atoms with Crippen LogP contribution in [0.2, 0.25) is 0 Å². The number of rotatable bonds is 3. The minimum absolute atomic E-state index is 0. The molecule has 0 unspecified atom stereocenters. The van der Waals surface area contributed by atoms with E-state index in [-0.39, 0.29) is 35.0 Å². The first-order chi connectivity index (χ1) is 7.77. The average molecular weight is 264 g/mol. The van der Waals surface area contributed by atoms with Crippen LogP contribution >= 0.6 is 0 Å².